The van der Waals surface area contributed by atoms with Crippen molar-refractivity contribution < 1.29 is 9.53 Å². The number of anilines is 1. The van der Waals surface area contributed by atoms with Gasteiger partial charge in [0, 0.05) is 23.1 Å². The maximum absolute atomic E-state index is 13.5. The monoisotopic (exact) mass is 433 g/mol. The molecule has 3 aromatic carbocycles. The largest absolute Gasteiger partial charge is 0.497 e. The molecule has 0 N–H and O–H groups in total. The summed E-state index contributed by atoms with van der Waals surface area (Å²) in [6.45, 7) is 1.90. The topological polar surface area (TPSA) is 64.4 Å². The van der Waals surface area contributed by atoms with Crippen LogP contribution in [0, 0.1) is 6.92 Å². The van der Waals surface area contributed by atoms with Crippen LogP contribution in [-0.2, 0) is 0 Å². The van der Waals surface area contributed by atoms with E-state index in [4.69, 9.17) is 16.3 Å². The van der Waals surface area contributed by atoms with Crippen molar-refractivity contribution in [2.75, 3.05) is 19.1 Å². The van der Waals surface area contributed by atoms with Gasteiger partial charge in [0.2, 0.25) is 0 Å². The molecule has 0 aliphatic rings. The smallest absolute Gasteiger partial charge is 0.279 e. The normalized spacial score (nSPS) is 10.8. The molecule has 7 heteroatoms. The molecule has 6 nitrogen and oxygen atoms in total. The van der Waals surface area contributed by atoms with E-state index in [2.05, 4.69) is 5.10 Å². The Kier molecular flexibility index (Phi) is 5.48. The lowest BCUT2D eigenvalue weighted by molar-refractivity contribution is 0.0988. The predicted molar refractivity (Wildman–Crippen MR) is 123 cm³/mol. The number of aryl methyl sites for hydroxylation is 1. The highest BCUT2D eigenvalue weighted by Gasteiger charge is 2.22. The van der Waals surface area contributed by atoms with Crippen LogP contribution in [0.25, 0.3) is 16.5 Å². The molecule has 1 aromatic heterocycles. The van der Waals surface area contributed by atoms with Crippen LogP contribution in [0.3, 0.4) is 0 Å². The number of benzene rings is 3. The van der Waals surface area contributed by atoms with Gasteiger partial charge in [-0.05, 0) is 55.0 Å². The highest BCUT2D eigenvalue weighted by molar-refractivity contribution is 6.31. The van der Waals surface area contributed by atoms with E-state index in [0.717, 1.165) is 5.56 Å². The van der Waals surface area contributed by atoms with Gasteiger partial charge < -0.3 is 9.64 Å². The third-order valence-corrected chi connectivity index (χ3v) is 5.40. The van der Waals surface area contributed by atoms with Gasteiger partial charge in [-0.3, -0.25) is 9.59 Å². The number of ether oxygens (including phenoxy) is 1. The van der Waals surface area contributed by atoms with Crippen LogP contribution in [0.2, 0.25) is 5.02 Å². The first kappa shape index (κ1) is 20.6. The Labute approximate surface area is 184 Å². The molecule has 0 unspecified atom stereocenters. The fourth-order valence-electron chi connectivity index (χ4n) is 3.46. The van der Waals surface area contributed by atoms with Crippen molar-refractivity contribution in [3.63, 3.8) is 0 Å². The molecule has 4 aromatic rings. The Morgan fingerprint density at radius 1 is 1.03 bits per heavy atom. The summed E-state index contributed by atoms with van der Waals surface area (Å²) in [6, 6.07) is 19.3. The molecule has 0 saturated heterocycles. The summed E-state index contributed by atoms with van der Waals surface area (Å²) in [7, 11) is 3.24. The first-order chi connectivity index (χ1) is 14.9. The SMILES string of the molecule is COc1ccc(-n2nc(C(=O)N(C)c3cc(Cl)ccc3C)c3ccccc3c2=O)cc1. The fraction of sp³-hybridized carbons (Fsp3) is 0.125. The van der Waals surface area contributed by atoms with Crippen molar-refractivity contribution in [1.82, 2.24) is 9.78 Å². The van der Waals surface area contributed by atoms with E-state index in [9.17, 15) is 9.59 Å². The number of rotatable bonds is 4. The van der Waals surface area contributed by atoms with E-state index < -0.39 is 0 Å². The molecule has 0 saturated carbocycles. The molecular weight excluding hydrogens is 414 g/mol. The second-order valence-electron chi connectivity index (χ2n) is 7.10. The number of halogens is 1. The third kappa shape index (κ3) is 3.78. The highest BCUT2D eigenvalue weighted by Crippen LogP contribution is 2.26. The number of amides is 1. The summed E-state index contributed by atoms with van der Waals surface area (Å²) < 4.78 is 6.43. The summed E-state index contributed by atoms with van der Waals surface area (Å²) >= 11 is 6.15. The first-order valence-corrected chi connectivity index (χ1v) is 9.99. The average molecular weight is 434 g/mol. The summed E-state index contributed by atoms with van der Waals surface area (Å²) in [5, 5.41) is 5.90. The number of nitrogens with zero attached hydrogens (tertiary/aromatic N) is 3. The van der Waals surface area contributed by atoms with Crippen molar-refractivity contribution in [2.45, 2.75) is 6.92 Å². The van der Waals surface area contributed by atoms with Gasteiger partial charge in [-0.25, -0.2) is 0 Å². The fourth-order valence-corrected chi connectivity index (χ4v) is 3.62. The minimum atomic E-state index is -0.344. The van der Waals surface area contributed by atoms with E-state index in [1.54, 1.807) is 74.8 Å². The maximum Gasteiger partial charge on any atom is 0.279 e. The second-order valence-corrected chi connectivity index (χ2v) is 7.54. The van der Waals surface area contributed by atoms with Crippen LogP contribution in [0.15, 0.2) is 71.5 Å². The summed E-state index contributed by atoms with van der Waals surface area (Å²) in [5.74, 6) is 0.314. The molecule has 0 bridgehead atoms. The lowest BCUT2D eigenvalue weighted by Gasteiger charge is -2.20. The molecule has 0 aliphatic heterocycles. The highest BCUT2D eigenvalue weighted by atomic mass is 35.5. The molecule has 156 valence electrons. The number of carbonyl (C=O) groups is 1. The van der Waals surface area contributed by atoms with Crippen molar-refractivity contribution in [3.05, 3.63) is 93.4 Å². The van der Waals surface area contributed by atoms with E-state index in [-0.39, 0.29) is 17.2 Å². The Bertz CT molecular complexity index is 1350. The molecule has 0 atom stereocenters. The van der Waals surface area contributed by atoms with E-state index in [1.165, 1.54) is 9.58 Å². The van der Waals surface area contributed by atoms with Gasteiger partial charge in [0.15, 0.2) is 5.69 Å². The molecule has 1 amide bonds. The summed E-state index contributed by atoms with van der Waals surface area (Å²) in [6.07, 6.45) is 0. The van der Waals surface area contributed by atoms with Gasteiger partial charge in [-0.2, -0.15) is 9.78 Å². The molecule has 4 rings (SSSR count). The van der Waals surface area contributed by atoms with Crippen LogP contribution < -0.4 is 15.2 Å². The van der Waals surface area contributed by atoms with Gasteiger partial charge in [0.05, 0.1) is 18.2 Å². The van der Waals surface area contributed by atoms with Crippen LogP contribution in [0.5, 0.6) is 5.75 Å². The lowest BCUT2D eigenvalue weighted by atomic mass is 10.1. The third-order valence-electron chi connectivity index (χ3n) is 5.16. The predicted octanol–water partition coefficient (Wildman–Crippen LogP) is 4.63. The number of carbonyl (C=O) groups excluding carboxylic acids is 1. The van der Waals surface area contributed by atoms with Gasteiger partial charge in [0.1, 0.15) is 5.75 Å². The molecule has 0 aliphatic carbocycles. The zero-order valence-corrected chi connectivity index (χ0v) is 18.1. The first-order valence-electron chi connectivity index (χ1n) is 9.61. The van der Waals surface area contributed by atoms with E-state index >= 15 is 0 Å². The van der Waals surface area contributed by atoms with Gasteiger partial charge in [-0.15, -0.1) is 0 Å². The van der Waals surface area contributed by atoms with Crippen LogP contribution in [0.4, 0.5) is 5.69 Å². The van der Waals surface area contributed by atoms with Crippen molar-refractivity contribution in [3.8, 4) is 11.4 Å². The Hall–Kier alpha value is -3.64. The standard InChI is InChI=1S/C24H20ClN3O3/c1-15-8-9-16(25)14-21(15)27(2)24(30)22-19-6-4-5-7-20(19)23(29)28(26-22)17-10-12-18(31-3)13-11-17/h4-14H,1-3H3. The second kappa shape index (κ2) is 8.24. The zero-order chi connectivity index (χ0) is 22.1. The number of methoxy groups -OCH3 is 1. The minimum Gasteiger partial charge on any atom is -0.497 e. The van der Waals surface area contributed by atoms with E-state index in [1.807, 2.05) is 13.0 Å². The quantitative estimate of drug-likeness (QED) is 0.470. The zero-order valence-electron chi connectivity index (χ0n) is 17.3. The summed E-state index contributed by atoms with van der Waals surface area (Å²) in [5.41, 5.74) is 1.97. The summed E-state index contributed by atoms with van der Waals surface area (Å²) in [4.78, 5) is 28.1. The van der Waals surface area contributed by atoms with Gasteiger partial charge >= 0.3 is 0 Å². The molecule has 0 spiro atoms. The number of fused-ring (bicyclic) bond motifs is 1. The minimum absolute atomic E-state index is 0.174. The molecular formula is C24H20ClN3O3. The van der Waals surface area contributed by atoms with Gasteiger partial charge in [-0.1, -0.05) is 35.9 Å². The van der Waals surface area contributed by atoms with Crippen molar-refractivity contribution in [2.24, 2.45) is 0 Å². The van der Waals surface area contributed by atoms with Crippen LogP contribution >= 0.6 is 11.6 Å². The van der Waals surface area contributed by atoms with Crippen molar-refractivity contribution in [1.29, 1.82) is 0 Å². The maximum atomic E-state index is 13.5. The molecule has 1 heterocycles. The number of hydrogen-bond acceptors (Lipinski definition) is 4. The lowest BCUT2D eigenvalue weighted by Crippen LogP contribution is -2.32. The molecule has 0 fully saturated rings. The Morgan fingerprint density at radius 2 is 1.71 bits per heavy atom. The van der Waals surface area contributed by atoms with Crippen molar-refractivity contribution >= 4 is 34.0 Å². The average Bonchev–Trinajstić information content (AvgIpc) is 2.80. The number of hydrogen-bond donors (Lipinski definition) is 0. The van der Waals surface area contributed by atoms with Crippen LogP contribution in [0.1, 0.15) is 16.1 Å². The van der Waals surface area contributed by atoms with Crippen LogP contribution in [-0.4, -0.2) is 29.8 Å². The molecule has 31 heavy (non-hydrogen) atoms. The van der Waals surface area contributed by atoms with Gasteiger partial charge in [0.25, 0.3) is 11.5 Å². The molecule has 0 radical (unpaired) electrons. The Morgan fingerprint density at radius 3 is 2.39 bits per heavy atom. The Balaban J connectivity index is 1.90. The van der Waals surface area contributed by atoms with E-state index in [0.29, 0.717) is 32.9 Å². The number of aromatic nitrogens is 2.